The second-order valence-corrected chi connectivity index (χ2v) is 11.3. The van der Waals surface area contributed by atoms with Gasteiger partial charge in [-0.3, -0.25) is 14.5 Å². The molecule has 3 heterocycles. The van der Waals surface area contributed by atoms with Gasteiger partial charge in [-0.25, -0.2) is 4.98 Å². The van der Waals surface area contributed by atoms with Crippen LogP contribution in [0.3, 0.4) is 0 Å². The number of carbonyl (C=O) groups excluding carboxylic acids is 2. The third-order valence-corrected chi connectivity index (χ3v) is 8.98. The number of aromatic nitrogens is 1. The highest BCUT2D eigenvalue weighted by molar-refractivity contribution is 6.06. The summed E-state index contributed by atoms with van der Waals surface area (Å²) >= 11 is 0. The van der Waals surface area contributed by atoms with Crippen molar-refractivity contribution in [3.05, 3.63) is 72.4 Å². The summed E-state index contributed by atoms with van der Waals surface area (Å²) in [5, 5.41) is 6.10. The van der Waals surface area contributed by atoms with Crippen LogP contribution in [0, 0.1) is 0 Å². The lowest BCUT2D eigenvalue weighted by Gasteiger charge is -2.45. The van der Waals surface area contributed by atoms with E-state index in [9.17, 15) is 9.59 Å². The topological polar surface area (TPSA) is 104 Å². The van der Waals surface area contributed by atoms with E-state index in [0.717, 1.165) is 42.9 Å². The van der Waals surface area contributed by atoms with Gasteiger partial charge >= 0.3 is 0 Å². The van der Waals surface area contributed by atoms with Crippen molar-refractivity contribution in [3.63, 3.8) is 0 Å². The van der Waals surface area contributed by atoms with Gasteiger partial charge in [0.2, 0.25) is 5.91 Å². The molecule has 2 saturated heterocycles. The first kappa shape index (κ1) is 26.3. The summed E-state index contributed by atoms with van der Waals surface area (Å²) in [6.07, 6.45) is 10.7. The van der Waals surface area contributed by atoms with Gasteiger partial charge < -0.3 is 21.3 Å². The van der Waals surface area contributed by atoms with E-state index in [2.05, 4.69) is 25.4 Å². The Hall–Kier alpha value is -3.91. The molecule has 1 saturated carbocycles. The number of nitrogens with one attached hydrogen (secondary N) is 2. The molecular formula is C32H38N6O2. The molecule has 6 rings (SSSR count). The van der Waals surface area contributed by atoms with Gasteiger partial charge in [0.05, 0.1) is 23.6 Å². The largest absolute Gasteiger partial charge is 0.397 e. The molecule has 40 heavy (non-hydrogen) atoms. The third-order valence-electron chi connectivity index (χ3n) is 8.98. The summed E-state index contributed by atoms with van der Waals surface area (Å²) in [5.41, 5.74) is 9.36. The van der Waals surface area contributed by atoms with Gasteiger partial charge in [-0.05, 0) is 61.1 Å². The molecule has 2 amide bonds. The number of nitrogens with two attached hydrogens (primary N) is 1. The molecule has 0 atom stereocenters. The minimum Gasteiger partial charge on any atom is -0.397 e. The molecule has 3 aromatic rings. The van der Waals surface area contributed by atoms with Crippen LogP contribution in [0.1, 0.15) is 61.7 Å². The van der Waals surface area contributed by atoms with Crippen molar-refractivity contribution in [1.82, 2.24) is 15.2 Å². The number of hydrogen-bond donors (Lipinski definition) is 3. The average Bonchev–Trinajstić information content (AvgIpc) is 3.14. The van der Waals surface area contributed by atoms with E-state index < -0.39 is 5.54 Å². The van der Waals surface area contributed by atoms with E-state index in [0.29, 0.717) is 29.6 Å². The zero-order valence-corrected chi connectivity index (χ0v) is 22.9. The smallest absolute Gasteiger partial charge is 0.257 e. The molecule has 1 spiro atoms. The van der Waals surface area contributed by atoms with Crippen molar-refractivity contribution >= 4 is 29.0 Å². The van der Waals surface area contributed by atoms with Crippen molar-refractivity contribution in [3.8, 4) is 11.1 Å². The molecule has 2 aromatic carbocycles. The molecule has 0 radical (unpaired) electrons. The average molecular weight is 539 g/mol. The summed E-state index contributed by atoms with van der Waals surface area (Å²) in [7, 11) is 0. The second kappa shape index (κ2) is 11.3. The highest BCUT2D eigenvalue weighted by Crippen LogP contribution is 2.38. The van der Waals surface area contributed by atoms with E-state index in [1.807, 2.05) is 54.6 Å². The molecule has 1 aromatic heterocycles. The quantitative estimate of drug-likeness (QED) is 0.311. The van der Waals surface area contributed by atoms with Crippen molar-refractivity contribution in [1.29, 1.82) is 0 Å². The van der Waals surface area contributed by atoms with Crippen LogP contribution >= 0.6 is 0 Å². The van der Waals surface area contributed by atoms with Crippen molar-refractivity contribution in [2.45, 2.75) is 62.9 Å². The molecule has 3 fully saturated rings. The summed E-state index contributed by atoms with van der Waals surface area (Å²) in [6.45, 7) is 2.19. The van der Waals surface area contributed by atoms with Gasteiger partial charge in [0.25, 0.3) is 5.91 Å². The monoisotopic (exact) mass is 538 g/mol. The minimum atomic E-state index is -0.403. The maximum atomic E-state index is 13.1. The maximum absolute atomic E-state index is 13.1. The number of nitrogens with zero attached hydrogens (tertiary/aromatic N) is 3. The third kappa shape index (κ3) is 5.16. The standard InChI is InChI=1S/C32H38N6O2/c33-27-14-12-24(23-8-4-3-5-9-23)20-28(27)36-30(39)25-13-15-29(34-21-25)37-18-16-32(17-19-37)31(40)35-22-38(32)26-10-6-1-2-7-11-26/h3-5,8-9,12-15,20-21,26H,1-2,6-7,10-11,16-19,22,33H2,(H,35,40)(H,36,39). The Morgan fingerprint density at radius 2 is 1.70 bits per heavy atom. The summed E-state index contributed by atoms with van der Waals surface area (Å²) in [4.78, 5) is 35.5. The van der Waals surface area contributed by atoms with Crippen molar-refractivity contribution < 1.29 is 9.59 Å². The summed E-state index contributed by atoms with van der Waals surface area (Å²) < 4.78 is 0. The Morgan fingerprint density at radius 3 is 2.40 bits per heavy atom. The van der Waals surface area contributed by atoms with Crippen LogP contribution < -0.4 is 21.3 Å². The summed E-state index contributed by atoms with van der Waals surface area (Å²) in [5.74, 6) is 0.763. The van der Waals surface area contributed by atoms with Crippen LogP contribution in [-0.4, -0.2) is 53.0 Å². The van der Waals surface area contributed by atoms with Crippen LogP contribution in [0.2, 0.25) is 0 Å². The van der Waals surface area contributed by atoms with Gasteiger partial charge in [0, 0.05) is 25.3 Å². The van der Waals surface area contributed by atoms with Crippen LogP contribution in [-0.2, 0) is 4.79 Å². The number of hydrogen-bond acceptors (Lipinski definition) is 6. The van der Waals surface area contributed by atoms with Crippen LogP contribution in [0.15, 0.2) is 66.9 Å². The summed E-state index contributed by atoms with van der Waals surface area (Å²) in [6, 6.07) is 19.8. The molecule has 3 aliphatic rings. The number of amides is 2. The number of carbonyl (C=O) groups is 2. The SMILES string of the molecule is Nc1ccc(-c2ccccc2)cc1NC(=O)c1ccc(N2CCC3(CC2)C(=O)NCN3C2CCCCCC2)nc1. The van der Waals surface area contributed by atoms with E-state index in [1.165, 1.54) is 38.5 Å². The fourth-order valence-electron chi connectivity index (χ4n) is 6.65. The van der Waals surface area contributed by atoms with E-state index >= 15 is 0 Å². The Bertz CT molecular complexity index is 1340. The van der Waals surface area contributed by atoms with Gasteiger partial charge in [-0.2, -0.15) is 0 Å². The Kier molecular flexibility index (Phi) is 7.43. The number of piperidine rings is 1. The van der Waals surface area contributed by atoms with Gasteiger partial charge in [0.15, 0.2) is 0 Å². The zero-order chi connectivity index (χ0) is 27.5. The maximum Gasteiger partial charge on any atom is 0.257 e. The fraction of sp³-hybridized carbons (Fsp3) is 0.406. The first-order chi connectivity index (χ1) is 19.5. The Labute approximate surface area is 236 Å². The molecule has 8 heteroatoms. The van der Waals surface area contributed by atoms with Gasteiger partial charge in [-0.15, -0.1) is 0 Å². The van der Waals surface area contributed by atoms with Crippen LogP contribution in [0.4, 0.5) is 17.2 Å². The molecular weight excluding hydrogens is 500 g/mol. The lowest BCUT2D eigenvalue weighted by Crippen LogP contribution is -2.58. The predicted octanol–water partition coefficient (Wildman–Crippen LogP) is 5.03. The molecule has 4 N–H and O–H groups in total. The molecule has 208 valence electrons. The first-order valence-corrected chi connectivity index (χ1v) is 14.6. The van der Waals surface area contributed by atoms with E-state index in [-0.39, 0.29) is 11.8 Å². The van der Waals surface area contributed by atoms with Crippen LogP contribution in [0.5, 0.6) is 0 Å². The zero-order valence-electron chi connectivity index (χ0n) is 22.9. The van der Waals surface area contributed by atoms with E-state index in [4.69, 9.17) is 5.73 Å². The molecule has 2 aliphatic heterocycles. The number of pyridine rings is 1. The highest BCUT2D eigenvalue weighted by Gasteiger charge is 2.52. The molecule has 0 bridgehead atoms. The van der Waals surface area contributed by atoms with Gasteiger partial charge in [-0.1, -0.05) is 62.1 Å². The molecule has 8 nitrogen and oxygen atoms in total. The van der Waals surface area contributed by atoms with Crippen molar-refractivity contribution in [2.75, 3.05) is 35.7 Å². The van der Waals surface area contributed by atoms with Gasteiger partial charge in [0.1, 0.15) is 11.4 Å². The second-order valence-electron chi connectivity index (χ2n) is 11.3. The minimum absolute atomic E-state index is 0.187. The Morgan fingerprint density at radius 1 is 0.950 bits per heavy atom. The lowest BCUT2D eigenvalue weighted by molar-refractivity contribution is -0.128. The Balaban J connectivity index is 1.10. The number of nitrogen functional groups attached to an aromatic ring is 1. The normalized spacial score (nSPS) is 19.8. The van der Waals surface area contributed by atoms with Crippen LogP contribution in [0.25, 0.3) is 11.1 Å². The number of rotatable bonds is 5. The van der Waals surface area contributed by atoms with E-state index in [1.54, 1.807) is 12.3 Å². The first-order valence-electron chi connectivity index (χ1n) is 14.6. The molecule has 1 aliphatic carbocycles. The predicted molar refractivity (Wildman–Crippen MR) is 159 cm³/mol. The van der Waals surface area contributed by atoms with Crippen molar-refractivity contribution in [2.24, 2.45) is 0 Å². The number of benzene rings is 2. The molecule has 0 unspecified atom stereocenters. The lowest BCUT2D eigenvalue weighted by atomic mass is 9.84. The highest BCUT2D eigenvalue weighted by atomic mass is 16.2. The number of anilines is 3. The fourth-order valence-corrected chi connectivity index (χ4v) is 6.65.